The number of benzene rings is 1. The summed E-state index contributed by atoms with van der Waals surface area (Å²) in [5.41, 5.74) is 2.32. The topological polar surface area (TPSA) is 58.6 Å². The molecule has 2 unspecified atom stereocenters. The second-order valence-electron chi connectivity index (χ2n) is 6.24. The van der Waals surface area contributed by atoms with Crippen molar-refractivity contribution in [2.24, 2.45) is 5.92 Å². The van der Waals surface area contributed by atoms with Crippen LogP contribution in [0.25, 0.3) is 0 Å². The molecule has 0 spiro atoms. The van der Waals surface area contributed by atoms with Crippen molar-refractivity contribution in [2.75, 3.05) is 6.54 Å². The number of carboxylic acids is 1. The zero-order valence-electron chi connectivity index (χ0n) is 12.5. The van der Waals surface area contributed by atoms with Crippen molar-refractivity contribution in [3.63, 3.8) is 0 Å². The molecule has 1 aliphatic heterocycles. The highest BCUT2D eigenvalue weighted by molar-refractivity contribution is 5.71. The molecule has 0 bridgehead atoms. The number of hydrogen-bond acceptors (Lipinski definition) is 3. The minimum Gasteiger partial charge on any atom is -0.490 e. The largest absolute Gasteiger partial charge is 0.490 e. The molecule has 1 saturated carbocycles. The van der Waals surface area contributed by atoms with Gasteiger partial charge in [-0.2, -0.15) is 0 Å². The molecule has 1 heterocycles. The van der Waals surface area contributed by atoms with Crippen molar-refractivity contribution in [3.05, 3.63) is 29.3 Å². The van der Waals surface area contributed by atoms with E-state index in [0.717, 1.165) is 24.2 Å². The lowest BCUT2D eigenvalue weighted by atomic mass is 9.95. The Morgan fingerprint density at radius 2 is 2.10 bits per heavy atom. The Balaban J connectivity index is 1.81. The third kappa shape index (κ3) is 3.05. The van der Waals surface area contributed by atoms with Crippen molar-refractivity contribution in [3.8, 4) is 5.75 Å². The van der Waals surface area contributed by atoms with Gasteiger partial charge in [0.05, 0.1) is 12.0 Å². The van der Waals surface area contributed by atoms with Crippen LogP contribution in [-0.4, -0.2) is 23.7 Å². The normalized spacial score (nSPS) is 26.1. The van der Waals surface area contributed by atoms with Gasteiger partial charge in [-0.1, -0.05) is 12.1 Å². The Morgan fingerprint density at radius 1 is 1.33 bits per heavy atom. The van der Waals surface area contributed by atoms with Gasteiger partial charge in [-0.05, 0) is 50.7 Å². The van der Waals surface area contributed by atoms with Crippen molar-refractivity contribution >= 4 is 5.97 Å². The highest BCUT2D eigenvalue weighted by Gasteiger charge is 2.33. The molecular formula is C17H23NO3. The number of carboxylic acid groups (broad SMARTS) is 1. The molecule has 3 rings (SSSR count). The third-order valence-electron chi connectivity index (χ3n) is 4.71. The third-order valence-corrected chi connectivity index (χ3v) is 4.71. The van der Waals surface area contributed by atoms with Crippen LogP contribution >= 0.6 is 0 Å². The van der Waals surface area contributed by atoms with E-state index in [4.69, 9.17) is 4.74 Å². The molecule has 0 aromatic heterocycles. The van der Waals surface area contributed by atoms with Crippen LogP contribution < -0.4 is 10.1 Å². The molecular weight excluding hydrogens is 266 g/mol. The molecule has 2 atom stereocenters. The van der Waals surface area contributed by atoms with Gasteiger partial charge in [-0.25, -0.2) is 0 Å². The number of hydrogen-bond donors (Lipinski definition) is 2. The summed E-state index contributed by atoms with van der Waals surface area (Å²) in [5, 5.41) is 12.5. The minimum absolute atomic E-state index is 0.0868. The number of rotatable bonds is 4. The van der Waals surface area contributed by atoms with E-state index in [2.05, 4.69) is 18.3 Å². The zero-order chi connectivity index (χ0) is 14.8. The van der Waals surface area contributed by atoms with E-state index in [0.29, 0.717) is 19.1 Å². The lowest BCUT2D eigenvalue weighted by Gasteiger charge is -2.22. The van der Waals surface area contributed by atoms with E-state index >= 15 is 0 Å². The standard InChI is InChI=1S/C17H23NO3/c1-11-5-4-8-15(21-13-6-2-3-7-13)16(11)14-9-12(10-18-14)17(19)20/h4-5,8,12-14,18H,2-3,6-7,9-10H2,1H3,(H,19,20). The van der Waals surface area contributed by atoms with Gasteiger partial charge in [-0.3, -0.25) is 4.79 Å². The van der Waals surface area contributed by atoms with Crippen LogP contribution in [0.1, 0.15) is 49.3 Å². The summed E-state index contributed by atoms with van der Waals surface area (Å²) in [6.07, 6.45) is 5.71. The maximum absolute atomic E-state index is 11.2. The molecule has 0 amide bonds. The molecule has 4 nitrogen and oxygen atoms in total. The number of aliphatic carboxylic acids is 1. The fraction of sp³-hybridized carbons (Fsp3) is 0.588. The van der Waals surface area contributed by atoms with E-state index in [1.807, 2.05) is 12.1 Å². The summed E-state index contributed by atoms with van der Waals surface area (Å²) in [4.78, 5) is 11.2. The number of ether oxygens (including phenoxy) is 1. The van der Waals surface area contributed by atoms with Gasteiger partial charge in [0, 0.05) is 18.2 Å². The lowest BCUT2D eigenvalue weighted by molar-refractivity contribution is -0.141. The summed E-state index contributed by atoms with van der Waals surface area (Å²) < 4.78 is 6.21. The van der Waals surface area contributed by atoms with E-state index in [1.165, 1.54) is 18.4 Å². The summed E-state index contributed by atoms with van der Waals surface area (Å²) in [7, 11) is 0. The summed E-state index contributed by atoms with van der Waals surface area (Å²) in [6, 6.07) is 6.21. The SMILES string of the molecule is Cc1cccc(OC2CCCC2)c1C1CC(C(=O)O)CN1. The summed E-state index contributed by atoms with van der Waals surface area (Å²) in [6.45, 7) is 2.61. The molecule has 2 fully saturated rings. The van der Waals surface area contributed by atoms with Gasteiger partial charge in [0.25, 0.3) is 0 Å². The number of aryl methyl sites for hydroxylation is 1. The second kappa shape index (κ2) is 6.06. The van der Waals surface area contributed by atoms with Crippen LogP contribution in [0.15, 0.2) is 18.2 Å². The zero-order valence-corrected chi connectivity index (χ0v) is 12.5. The van der Waals surface area contributed by atoms with Gasteiger partial charge >= 0.3 is 5.97 Å². The fourth-order valence-electron chi connectivity index (χ4n) is 3.53. The predicted molar refractivity (Wildman–Crippen MR) is 80.5 cm³/mol. The molecule has 1 aliphatic carbocycles. The Bertz CT molecular complexity index is 523. The van der Waals surface area contributed by atoms with Gasteiger partial charge in [0.15, 0.2) is 0 Å². The monoisotopic (exact) mass is 289 g/mol. The molecule has 1 saturated heterocycles. The van der Waals surface area contributed by atoms with E-state index < -0.39 is 5.97 Å². The lowest BCUT2D eigenvalue weighted by Crippen LogP contribution is -2.19. The van der Waals surface area contributed by atoms with Crippen molar-refractivity contribution < 1.29 is 14.6 Å². The second-order valence-corrected chi connectivity index (χ2v) is 6.24. The first kappa shape index (κ1) is 14.4. The Labute approximate surface area is 125 Å². The first-order valence-electron chi connectivity index (χ1n) is 7.87. The van der Waals surface area contributed by atoms with Gasteiger partial charge in [0.2, 0.25) is 0 Å². The molecule has 114 valence electrons. The number of carbonyl (C=O) groups is 1. The Kier molecular flexibility index (Phi) is 4.15. The maximum Gasteiger partial charge on any atom is 0.307 e. The maximum atomic E-state index is 11.2. The van der Waals surface area contributed by atoms with Crippen LogP contribution in [0.5, 0.6) is 5.75 Å². The van der Waals surface area contributed by atoms with Crippen LogP contribution in [0.3, 0.4) is 0 Å². The minimum atomic E-state index is -0.711. The first-order chi connectivity index (χ1) is 10.1. The molecule has 2 aliphatic rings. The van der Waals surface area contributed by atoms with Gasteiger partial charge in [0.1, 0.15) is 5.75 Å². The van der Waals surface area contributed by atoms with Crippen LogP contribution in [0.4, 0.5) is 0 Å². The summed E-state index contributed by atoms with van der Waals surface area (Å²) in [5.74, 6) is -0.0729. The van der Waals surface area contributed by atoms with Gasteiger partial charge in [-0.15, -0.1) is 0 Å². The predicted octanol–water partition coefficient (Wildman–Crippen LogP) is 3.05. The quantitative estimate of drug-likeness (QED) is 0.894. The fourth-order valence-corrected chi connectivity index (χ4v) is 3.53. The van der Waals surface area contributed by atoms with Crippen molar-refractivity contribution in [1.82, 2.24) is 5.32 Å². The first-order valence-corrected chi connectivity index (χ1v) is 7.87. The Hall–Kier alpha value is -1.55. The molecule has 1 aromatic carbocycles. The van der Waals surface area contributed by atoms with Crippen LogP contribution in [-0.2, 0) is 4.79 Å². The smallest absolute Gasteiger partial charge is 0.307 e. The molecule has 4 heteroatoms. The average molecular weight is 289 g/mol. The highest BCUT2D eigenvalue weighted by Crippen LogP contribution is 2.37. The Morgan fingerprint density at radius 3 is 2.76 bits per heavy atom. The van der Waals surface area contributed by atoms with Crippen LogP contribution in [0.2, 0.25) is 0 Å². The highest BCUT2D eigenvalue weighted by atomic mass is 16.5. The van der Waals surface area contributed by atoms with Crippen molar-refractivity contribution in [1.29, 1.82) is 0 Å². The van der Waals surface area contributed by atoms with Crippen LogP contribution in [0, 0.1) is 12.8 Å². The molecule has 0 radical (unpaired) electrons. The summed E-state index contributed by atoms with van der Waals surface area (Å²) >= 11 is 0. The van der Waals surface area contributed by atoms with E-state index in [1.54, 1.807) is 0 Å². The van der Waals surface area contributed by atoms with E-state index in [9.17, 15) is 9.90 Å². The number of nitrogens with one attached hydrogen (secondary N) is 1. The van der Waals surface area contributed by atoms with E-state index in [-0.39, 0.29) is 12.0 Å². The molecule has 21 heavy (non-hydrogen) atoms. The average Bonchev–Trinajstić information content (AvgIpc) is 3.10. The molecule has 1 aromatic rings. The van der Waals surface area contributed by atoms with Crippen molar-refractivity contribution in [2.45, 2.75) is 51.2 Å². The van der Waals surface area contributed by atoms with Gasteiger partial charge < -0.3 is 15.2 Å². The molecule has 2 N–H and O–H groups in total.